The van der Waals surface area contributed by atoms with Crippen molar-refractivity contribution in [2.45, 2.75) is 6.04 Å². The number of primary amides is 1. The highest BCUT2D eigenvalue weighted by atomic mass is 79.9. The number of halogens is 1. The van der Waals surface area contributed by atoms with E-state index in [0.29, 0.717) is 5.01 Å². The van der Waals surface area contributed by atoms with Crippen LogP contribution in [0.4, 0.5) is 5.69 Å². The van der Waals surface area contributed by atoms with E-state index in [2.05, 4.69) is 26.2 Å². The molecule has 0 aliphatic heterocycles. The number of carbonyl (C=O) groups is 1. The average Bonchev–Trinajstić information content (AvgIpc) is 2.81. The quantitative estimate of drug-likeness (QED) is 0.911. The van der Waals surface area contributed by atoms with E-state index in [1.165, 1.54) is 11.3 Å². The lowest BCUT2D eigenvalue weighted by molar-refractivity contribution is -0.118. The summed E-state index contributed by atoms with van der Waals surface area (Å²) in [7, 11) is 0. The van der Waals surface area contributed by atoms with E-state index >= 15 is 0 Å². The number of thiazole rings is 1. The van der Waals surface area contributed by atoms with Crippen LogP contribution < -0.4 is 11.1 Å². The zero-order chi connectivity index (χ0) is 12.3. The molecule has 0 aliphatic rings. The monoisotopic (exact) mass is 311 g/mol. The predicted octanol–water partition coefficient (Wildman–Crippen LogP) is 2.54. The summed E-state index contributed by atoms with van der Waals surface area (Å²) in [6.07, 6.45) is 1.65. The zero-order valence-electron chi connectivity index (χ0n) is 8.76. The molecule has 1 aromatic carbocycles. The Bertz CT molecular complexity index is 498. The fourth-order valence-electron chi connectivity index (χ4n) is 1.34. The minimum atomic E-state index is -0.587. The lowest BCUT2D eigenvalue weighted by Crippen LogP contribution is -2.27. The molecule has 0 radical (unpaired) electrons. The molecule has 0 spiro atoms. The smallest absolute Gasteiger partial charge is 0.247 e. The van der Waals surface area contributed by atoms with Gasteiger partial charge in [0.25, 0.3) is 0 Å². The Labute approximate surface area is 111 Å². The zero-order valence-corrected chi connectivity index (χ0v) is 11.2. The van der Waals surface area contributed by atoms with Crippen LogP contribution in [0.15, 0.2) is 40.3 Å². The van der Waals surface area contributed by atoms with Gasteiger partial charge in [0.1, 0.15) is 5.01 Å². The van der Waals surface area contributed by atoms with Crippen molar-refractivity contribution in [3.63, 3.8) is 0 Å². The van der Waals surface area contributed by atoms with E-state index < -0.39 is 11.9 Å². The second-order valence-electron chi connectivity index (χ2n) is 3.36. The van der Waals surface area contributed by atoms with Crippen LogP contribution in [0.1, 0.15) is 11.0 Å². The van der Waals surface area contributed by atoms with Gasteiger partial charge >= 0.3 is 0 Å². The Morgan fingerprint density at radius 3 is 2.65 bits per heavy atom. The van der Waals surface area contributed by atoms with Crippen molar-refractivity contribution in [1.29, 1.82) is 0 Å². The first-order valence-electron chi connectivity index (χ1n) is 4.87. The number of hydrogen-bond donors (Lipinski definition) is 2. The Morgan fingerprint density at radius 1 is 1.41 bits per heavy atom. The van der Waals surface area contributed by atoms with E-state index in [1.54, 1.807) is 6.20 Å². The van der Waals surface area contributed by atoms with Gasteiger partial charge in [-0.1, -0.05) is 15.9 Å². The van der Waals surface area contributed by atoms with Gasteiger partial charge in [-0.3, -0.25) is 4.79 Å². The van der Waals surface area contributed by atoms with Gasteiger partial charge in [0, 0.05) is 21.7 Å². The highest BCUT2D eigenvalue weighted by Gasteiger charge is 2.19. The maximum absolute atomic E-state index is 11.4. The van der Waals surface area contributed by atoms with E-state index in [1.807, 2.05) is 29.6 Å². The average molecular weight is 312 g/mol. The summed E-state index contributed by atoms with van der Waals surface area (Å²) in [6.45, 7) is 0. The first-order chi connectivity index (χ1) is 8.16. The van der Waals surface area contributed by atoms with Gasteiger partial charge in [-0.05, 0) is 24.3 Å². The largest absolute Gasteiger partial charge is 0.368 e. The van der Waals surface area contributed by atoms with Gasteiger partial charge < -0.3 is 11.1 Å². The van der Waals surface area contributed by atoms with Gasteiger partial charge in [-0.25, -0.2) is 4.98 Å². The number of aromatic nitrogens is 1. The van der Waals surface area contributed by atoms with Crippen molar-refractivity contribution < 1.29 is 4.79 Å². The lowest BCUT2D eigenvalue weighted by atomic mass is 10.2. The summed E-state index contributed by atoms with van der Waals surface area (Å²) < 4.78 is 0.980. The Kier molecular flexibility index (Phi) is 3.75. The molecule has 2 rings (SSSR count). The van der Waals surface area contributed by atoms with Crippen LogP contribution in [0.5, 0.6) is 0 Å². The number of carbonyl (C=O) groups excluding carboxylic acids is 1. The predicted molar refractivity (Wildman–Crippen MR) is 71.8 cm³/mol. The molecule has 1 heterocycles. The molecule has 0 saturated carbocycles. The summed E-state index contributed by atoms with van der Waals surface area (Å²) in [5.41, 5.74) is 6.19. The van der Waals surface area contributed by atoms with Crippen LogP contribution in [-0.2, 0) is 4.79 Å². The maximum atomic E-state index is 11.4. The molecule has 4 nitrogen and oxygen atoms in total. The number of benzene rings is 1. The second-order valence-corrected chi connectivity index (χ2v) is 5.20. The molecule has 2 aromatic rings. The number of nitrogens with two attached hydrogens (primary N) is 1. The van der Waals surface area contributed by atoms with Crippen molar-refractivity contribution >= 4 is 38.9 Å². The molecule has 88 valence electrons. The topological polar surface area (TPSA) is 68.0 Å². The number of hydrogen-bond acceptors (Lipinski definition) is 4. The third-order valence-electron chi connectivity index (χ3n) is 2.14. The molecule has 0 saturated heterocycles. The Hall–Kier alpha value is -1.40. The van der Waals surface area contributed by atoms with Gasteiger partial charge in [0.05, 0.1) is 0 Å². The molecule has 3 N–H and O–H groups in total. The second kappa shape index (κ2) is 5.29. The molecule has 6 heteroatoms. The van der Waals surface area contributed by atoms with E-state index in [9.17, 15) is 4.79 Å². The number of nitrogens with one attached hydrogen (secondary N) is 1. The molecule has 0 fully saturated rings. The minimum Gasteiger partial charge on any atom is -0.368 e. The van der Waals surface area contributed by atoms with E-state index in [0.717, 1.165) is 10.2 Å². The maximum Gasteiger partial charge on any atom is 0.247 e. The number of nitrogens with zero attached hydrogens (tertiary/aromatic N) is 1. The summed E-state index contributed by atoms with van der Waals surface area (Å²) in [5, 5.41) is 5.54. The standard InChI is InChI=1S/C11H10BrN3OS/c12-7-1-3-8(4-2-7)15-9(10(13)16)11-14-5-6-17-11/h1-6,9,15H,(H2,13,16). The molecule has 1 amide bonds. The van der Waals surface area contributed by atoms with Crippen LogP contribution in [0.2, 0.25) is 0 Å². The van der Waals surface area contributed by atoms with Crippen molar-refractivity contribution in [3.8, 4) is 0 Å². The number of anilines is 1. The highest BCUT2D eigenvalue weighted by molar-refractivity contribution is 9.10. The minimum absolute atomic E-state index is 0.442. The molecular weight excluding hydrogens is 302 g/mol. The highest BCUT2D eigenvalue weighted by Crippen LogP contribution is 2.22. The van der Waals surface area contributed by atoms with Crippen LogP contribution in [0, 0.1) is 0 Å². The summed E-state index contributed by atoms with van der Waals surface area (Å²) in [4.78, 5) is 15.5. The van der Waals surface area contributed by atoms with Gasteiger partial charge in [-0.15, -0.1) is 11.3 Å². The SMILES string of the molecule is NC(=O)C(Nc1ccc(Br)cc1)c1nccs1. The molecule has 1 atom stereocenters. The third-order valence-corrected chi connectivity index (χ3v) is 3.51. The van der Waals surface area contributed by atoms with E-state index in [4.69, 9.17) is 5.73 Å². The third kappa shape index (κ3) is 3.04. The normalized spacial score (nSPS) is 12.1. The molecule has 17 heavy (non-hydrogen) atoms. The van der Waals surface area contributed by atoms with Gasteiger partial charge in [0.15, 0.2) is 6.04 Å². The summed E-state index contributed by atoms with van der Waals surface area (Å²) in [5.74, 6) is -0.442. The molecule has 0 aliphatic carbocycles. The number of rotatable bonds is 4. The van der Waals surface area contributed by atoms with Crippen LogP contribution >= 0.6 is 27.3 Å². The van der Waals surface area contributed by atoms with Crippen LogP contribution in [0.3, 0.4) is 0 Å². The molecule has 1 unspecified atom stereocenters. The van der Waals surface area contributed by atoms with E-state index in [-0.39, 0.29) is 0 Å². The Balaban J connectivity index is 2.19. The van der Waals surface area contributed by atoms with Gasteiger partial charge in [-0.2, -0.15) is 0 Å². The summed E-state index contributed by atoms with van der Waals surface area (Å²) >= 11 is 4.75. The first kappa shape index (κ1) is 12.1. The molecule has 1 aromatic heterocycles. The Morgan fingerprint density at radius 2 is 2.12 bits per heavy atom. The number of amides is 1. The molecule has 0 bridgehead atoms. The lowest BCUT2D eigenvalue weighted by Gasteiger charge is -2.14. The molecular formula is C11H10BrN3OS. The van der Waals surface area contributed by atoms with Crippen molar-refractivity contribution in [1.82, 2.24) is 4.98 Å². The fraction of sp³-hybridized carbons (Fsp3) is 0.0909. The van der Waals surface area contributed by atoms with Crippen molar-refractivity contribution in [2.24, 2.45) is 5.73 Å². The van der Waals surface area contributed by atoms with Crippen LogP contribution in [-0.4, -0.2) is 10.9 Å². The van der Waals surface area contributed by atoms with Crippen LogP contribution in [0.25, 0.3) is 0 Å². The van der Waals surface area contributed by atoms with Gasteiger partial charge in [0.2, 0.25) is 5.91 Å². The summed E-state index contributed by atoms with van der Waals surface area (Å²) in [6, 6.07) is 6.93. The fourth-order valence-corrected chi connectivity index (χ4v) is 2.30. The van der Waals surface area contributed by atoms with Crippen molar-refractivity contribution in [3.05, 3.63) is 45.3 Å². The first-order valence-corrected chi connectivity index (χ1v) is 6.55. The van der Waals surface area contributed by atoms with Crippen molar-refractivity contribution in [2.75, 3.05) is 5.32 Å².